The number of nitrogens with one attached hydrogen (secondary N) is 2. The standard InChI is InChI=1S/C30H28N6O6S4/c1-33-21(39)27-11-25(15-7-3-5-9-17(15)31-19(25)35(27)23(41)29(33,13-37)45-43-27)26-12-28-22(40)34(2)30(14-38,46-44-28)24(42)36(28)20(26)32-18-10-6-4-8-16(18)26/h3-10,19-20,31-32,37-38H,11-14H2,1-2H3/t19-,20-,25-,26+,27+,28+,29+,30+/m1/s1. The lowest BCUT2D eigenvalue weighted by Crippen LogP contribution is -2.77. The van der Waals surface area contributed by atoms with Crippen molar-refractivity contribution in [1.82, 2.24) is 19.6 Å². The highest BCUT2D eigenvalue weighted by Crippen LogP contribution is 2.78. The molecule has 8 saturated heterocycles. The molecule has 12 nitrogen and oxygen atoms in total. The number of rotatable bonds is 3. The molecule has 2 spiro atoms. The number of aliphatic hydroxyl groups excluding tert-OH is 2. The van der Waals surface area contributed by atoms with Crippen molar-refractivity contribution < 1.29 is 29.4 Å². The lowest BCUT2D eigenvalue weighted by atomic mass is 9.54. The Morgan fingerprint density at radius 3 is 1.43 bits per heavy atom. The maximum Gasteiger partial charge on any atom is 0.265 e. The van der Waals surface area contributed by atoms with E-state index in [9.17, 15) is 29.4 Å². The summed E-state index contributed by atoms with van der Waals surface area (Å²) < 4.78 is 0. The smallest absolute Gasteiger partial charge is 0.265 e. The van der Waals surface area contributed by atoms with Gasteiger partial charge in [-0.3, -0.25) is 29.0 Å². The van der Waals surface area contributed by atoms with Gasteiger partial charge in [0.05, 0.1) is 24.0 Å². The minimum absolute atomic E-state index is 0.223. The number of benzene rings is 2. The van der Waals surface area contributed by atoms with Crippen molar-refractivity contribution in [3.05, 3.63) is 59.7 Å². The quantitative estimate of drug-likeness (QED) is 0.344. The summed E-state index contributed by atoms with van der Waals surface area (Å²) in [7, 11) is 8.28. The molecule has 0 unspecified atom stereocenters. The van der Waals surface area contributed by atoms with Gasteiger partial charge in [0.1, 0.15) is 12.3 Å². The van der Waals surface area contributed by atoms with E-state index in [1.807, 2.05) is 48.5 Å². The van der Waals surface area contributed by atoms with Crippen LogP contribution in [0.15, 0.2) is 48.5 Å². The van der Waals surface area contributed by atoms with E-state index in [-0.39, 0.29) is 36.5 Å². The summed E-state index contributed by atoms with van der Waals surface area (Å²) in [6, 6.07) is 15.8. The van der Waals surface area contributed by atoms with Crippen molar-refractivity contribution in [2.24, 2.45) is 0 Å². The summed E-state index contributed by atoms with van der Waals surface area (Å²) in [5.74, 6) is -1.19. The number of hydrogen-bond donors (Lipinski definition) is 4. The Balaban J connectivity index is 1.29. The van der Waals surface area contributed by atoms with Crippen LogP contribution in [0.2, 0.25) is 0 Å². The van der Waals surface area contributed by atoms with Crippen LogP contribution in [0.3, 0.4) is 0 Å². The van der Waals surface area contributed by atoms with Crippen LogP contribution >= 0.6 is 43.2 Å². The molecule has 12 rings (SSSR count). The second-order valence-corrected chi connectivity index (χ2v) is 18.7. The van der Waals surface area contributed by atoms with E-state index >= 15 is 0 Å². The summed E-state index contributed by atoms with van der Waals surface area (Å²) >= 11 is 0. The van der Waals surface area contributed by atoms with Crippen LogP contribution in [0, 0.1) is 0 Å². The SMILES string of the molecule is CN1C(=O)[C@@]23C[C@]4([C@@]56C[C@@]78SS[C@@](CO)(C(=O)N7[C@H]5Nc5ccccc56)N(C)C8=O)c5ccccc5N[C@@H]4N2C(=O)[C@]1(CO)SS3. The topological polar surface area (TPSA) is 146 Å². The van der Waals surface area contributed by atoms with Crippen LogP contribution < -0.4 is 10.6 Å². The van der Waals surface area contributed by atoms with Crippen LogP contribution in [-0.4, -0.2) is 113 Å². The molecule has 10 aliphatic heterocycles. The largest absolute Gasteiger partial charge is 0.392 e. The highest BCUT2D eigenvalue weighted by Gasteiger charge is 2.87. The van der Waals surface area contributed by atoms with Gasteiger partial charge in [-0.1, -0.05) is 58.0 Å². The summed E-state index contributed by atoms with van der Waals surface area (Å²) in [6.45, 7) is -1.07. The van der Waals surface area contributed by atoms with E-state index in [4.69, 9.17) is 0 Å². The molecule has 0 aromatic heterocycles. The number of piperazine rings is 2. The Labute approximate surface area is 279 Å². The Kier molecular flexibility index (Phi) is 5.08. The molecule has 46 heavy (non-hydrogen) atoms. The van der Waals surface area contributed by atoms with Gasteiger partial charge in [-0.2, -0.15) is 0 Å². The van der Waals surface area contributed by atoms with Crippen LogP contribution in [0.5, 0.6) is 0 Å². The predicted octanol–water partition coefficient (Wildman–Crippen LogP) is 1.33. The normalized spacial score (nSPS) is 43.7. The van der Waals surface area contributed by atoms with Crippen LogP contribution in [0.1, 0.15) is 24.0 Å². The number of carbonyl (C=O) groups excluding carboxylic acids is 4. The van der Waals surface area contributed by atoms with Crippen molar-refractivity contribution in [2.45, 2.75) is 55.5 Å². The second-order valence-electron chi connectivity index (χ2n) is 13.3. The van der Waals surface area contributed by atoms with Gasteiger partial charge in [-0.05, 0) is 44.8 Å². The first-order valence-electron chi connectivity index (χ1n) is 15.0. The number of amides is 4. The van der Waals surface area contributed by atoms with E-state index in [1.165, 1.54) is 53.0 Å². The van der Waals surface area contributed by atoms with Gasteiger partial charge in [-0.25, -0.2) is 0 Å². The van der Waals surface area contributed by atoms with Crippen LogP contribution in [0.4, 0.5) is 11.4 Å². The zero-order chi connectivity index (χ0) is 31.8. The molecule has 0 radical (unpaired) electrons. The Morgan fingerprint density at radius 2 is 1.04 bits per heavy atom. The van der Waals surface area contributed by atoms with Crippen molar-refractivity contribution in [3.63, 3.8) is 0 Å². The number of carbonyl (C=O) groups is 4. The Morgan fingerprint density at radius 1 is 0.652 bits per heavy atom. The van der Waals surface area contributed by atoms with Crippen molar-refractivity contribution in [2.75, 3.05) is 37.9 Å². The van der Waals surface area contributed by atoms with Gasteiger partial charge >= 0.3 is 0 Å². The minimum Gasteiger partial charge on any atom is -0.392 e. The summed E-state index contributed by atoms with van der Waals surface area (Å²) in [5.41, 5.74) is 1.45. The van der Waals surface area contributed by atoms with E-state index in [1.54, 1.807) is 23.9 Å². The average molecular weight is 697 g/mol. The van der Waals surface area contributed by atoms with Crippen LogP contribution in [0.25, 0.3) is 0 Å². The molecule has 8 atom stereocenters. The summed E-state index contributed by atoms with van der Waals surface area (Å²) in [4.78, 5) is 59.0. The molecule has 10 aliphatic rings. The fourth-order valence-electron chi connectivity index (χ4n) is 9.92. The Bertz CT molecular complexity index is 1740. The number of aliphatic hydroxyl groups is 2. The fourth-order valence-corrected chi connectivity index (χ4v) is 17.2. The third kappa shape index (κ3) is 2.48. The van der Waals surface area contributed by atoms with Crippen LogP contribution in [-0.2, 0) is 30.0 Å². The number of fused-ring (bicyclic) bond motifs is 11. The van der Waals surface area contributed by atoms with Gasteiger partial charge < -0.3 is 30.6 Å². The summed E-state index contributed by atoms with van der Waals surface area (Å²) in [6.07, 6.45) is -1.01. The third-order valence-electron chi connectivity index (χ3n) is 12.0. The van der Waals surface area contributed by atoms with E-state index in [0.29, 0.717) is 0 Å². The maximum absolute atomic E-state index is 14.7. The number of nitrogens with zero attached hydrogens (tertiary/aromatic N) is 4. The molecule has 2 aromatic carbocycles. The fraction of sp³-hybridized carbons (Fsp3) is 0.467. The van der Waals surface area contributed by atoms with Gasteiger partial charge in [0.2, 0.25) is 9.74 Å². The molecular weight excluding hydrogens is 669 g/mol. The minimum atomic E-state index is -1.47. The van der Waals surface area contributed by atoms with Crippen molar-refractivity contribution >= 4 is 78.2 Å². The first-order valence-corrected chi connectivity index (χ1v) is 19.3. The third-order valence-corrected chi connectivity index (χ3v) is 19.3. The Hall–Kier alpha value is -2.76. The monoisotopic (exact) mass is 696 g/mol. The van der Waals surface area contributed by atoms with Gasteiger partial charge in [0.25, 0.3) is 23.6 Å². The first-order chi connectivity index (χ1) is 22.1. The zero-order valence-corrected chi connectivity index (χ0v) is 27.8. The highest BCUT2D eigenvalue weighted by atomic mass is 33.1. The molecule has 4 bridgehead atoms. The van der Waals surface area contributed by atoms with E-state index in [0.717, 1.165) is 22.5 Å². The second kappa shape index (κ2) is 8.26. The molecule has 16 heteroatoms. The molecule has 2 aromatic rings. The molecule has 238 valence electrons. The molecule has 10 heterocycles. The lowest BCUT2D eigenvalue weighted by molar-refractivity contribution is -0.166. The van der Waals surface area contributed by atoms with Gasteiger partial charge in [-0.15, -0.1) is 0 Å². The molecular formula is C30H28N6O6S4. The van der Waals surface area contributed by atoms with E-state index < -0.39 is 55.9 Å². The predicted molar refractivity (Wildman–Crippen MR) is 175 cm³/mol. The average Bonchev–Trinajstić information content (AvgIpc) is 3.75. The maximum atomic E-state index is 14.7. The molecule has 8 fully saturated rings. The number of anilines is 2. The van der Waals surface area contributed by atoms with Crippen molar-refractivity contribution in [1.29, 1.82) is 0 Å². The number of para-hydroxylation sites is 2. The highest BCUT2D eigenvalue weighted by molar-refractivity contribution is 8.78. The first kappa shape index (κ1) is 28.3. The molecule has 4 N–H and O–H groups in total. The number of likely N-dealkylation sites (N-methyl/N-ethyl adjacent to an activating group) is 2. The summed E-state index contributed by atoms with van der Waals surface area (Å²) in [5, 5.41) is 28.6. The molecule has 0 saturated carbocycles. The van der Waals surface area contributed by atoms with E-state index in [2.05, 4.69) is 10.6 Å². The molecule has 0 aliphatic carbocycles. The van der Waals surface area contributed by atoms with Crippen molar-refractivity contribution in [3.8, 4) is 0 Å². The van der Waals surface area contributed by atoms with Gasteiger partial charge in [0.15, 0.2) is 9.74 Å². The molecule has 4 amide bonds. The van der Waals surface area contributed by atoms with Gasteiger partial charge in [0, 0.05) is 38.3 Å². The zero-order valence-electron chi connectivity index (χ0n) is 24.6. The lowest BCUT2D eigenvalue weighted by Gasteiger charge is -2.57. The number of hydrogen-bond acceptors (Lipinski definition) is 12.